The lowest BCUT2D eigenvalue weighted by atomic mass is 9.88. The zero-order chi connectivity index (χ0) is 20.3. The van der Waals surface area contributed by atoms with Crippen LogP contribution in [0.25, 0.3) is 0 Å². The number of carbonyl (C=O) groups is 2. The Morgan fingerprint density at radius 1 is 1.26 bits per heavy atom. The van der Waals surface area contributed by atoms with Crippen molar-refractivity contribution in [3.05, 3.63) is 24.3 Å². The molecule has 0 amide bonds. The highest BCUT2D eigenvalue weighted by Crippen LogP contribution is 2.34. The van der Waals surface area contributed by atoms with Crippen LogP contribution >= 0.6 is 0 Å². The van der Waals surface area contributed by atoms with Crippen LogP contribution in [-0.2, 0) is 9.59 Å². The van der Waals surface area contributed by atoms with Gasteiger partial charge in [-0.15, -0.1) is 0 Å². The van der Waals surface area contributed by atoms with E-state index in [1.165, 1.54) is 0 Å². The van der Waals surface area contributed by atoms with Gasteiger partial charge < -0.3 is 15.3 Å². The Morgan fingerprint density at radius 3 is 2.63 bits per heavy atom. The molecule has 1 aliphatic carbocycles. The molecule has 0 heterocycles. The maximum Gasteiger partial charge on any atom is 0.158 e. The van der Waals surface area contributed by atoms with E-state index >= 15 is 0 Å². The number of hydrogen-bond donors (Lipinski definition) is 3. The fourth-order valence-electron chi connectivity index (χ4n) is 3.57. The SMILES string of the molecule is CCCC[C@](C)(O)C/C=C/[C@H]1[C@H](CC/C=C\CCC(=O)CO)C(=O)C[C@@H]1O. The molecule has 0 aromatic heterocycles. The van der Waals surface area contributed by atoms with Gasteiger partial charge in [-0.25, -0.2) is 0 Å². The zero-order valence-electron chi connectivity index (χ0n) is 16.8. The number of unbranched alkanes of at least 4 members (excludes halogenated alkanes) is 1. The molecule has 0 aromatic carbocycles. The second-order valence-electron chi connectivity index (χ2n) is 7.94. The van der Waals surface area contributed by atoms with Gasteiger partial charge in [0.15, 0.2) is 5.78 Å². The molecule has 1 rings (SSSR count). The van der Waals surface area contributed by atoms with E-state index < -0.39 is 18.3 Å². The molecule has 27 heavy (non-hydrogen) atoms. The Kier molecular flexibility index (Phi) is 10.7. The van der Waals surface area contributed by atoms with Crippen molar-refractivity contribution in [1.29, 1.82) is 0 Å². The minimum absolute atomic E-state index is 0.0961. The highest BCUT2D eigenvalue weighted by atomic mass is 16.3. The third kappa shape index (κ3) is 8.96. The molecular formula is C22H36O5. The number of Topliss-reactive ketones (excluding diaryl/α,β-unsaturated/α-hetero) is 2. The molecule has 0 aliphatic heterocycles. The number of aliphatic hydroxyl groups excluding tert-OH is 2. The van der Waals surface area contributed by atoms with E-state index in [0.29, 0.717) is 25.7 Å². The van der Waals surface area contributed by atoms with E-state index in [4.69, 9.17) is 5.11 Å². The van der Waals surface area contributed by atoms with Crippen LogP contribution in [0.1, 0.15) is 71.6 Å². The quantitative estimate of drug-likeness (QED) is 0.427. The Bertz CT molecular complexity index is 521. The first-order valence-electron chi connectivity index (χ1n) is 10.2. The summed E-state index contributed by atoms with van der Waals surface area (Å²) in [6.45, 7) is 3.50. The summed E-state index contributed by atoms with van der Waals surface area (Å²) in [5, 5.41) is 29.2. The summed E-state index contributed by atoms with van der Waals surface area (Å²) in [5.41, 5.74) is -0.746. The van der Waals surface area contributed by atoms with Crippen molar-refractivity contribution in [2.24, 2.45) is 11.8 Å². The van der Waals surface area contributed by atoms with Crippen LogP contribution in [-0.4, -0.2) is 45.2 Å². The molecule has 5 heteroatoms. The van der Waals surface area contributed by atoms with Gasteiger partial charge in [-0.2, -0.15) is 0 Å². The third-order valence-electron chi connectivity index (χ3n) is 5.29. The summed E-state index contributed by atoms with van der Waals surface area (Å²) in [6.07, 6.45) is 12.8. The number of ketones is 2. The number of allylic oxidation sites excluding steroid dienone is 2. The maximum absolute atomic E-state index is 12.2. The smallest absolute Gasteiger partial charge is 0.158 e. The summed E-state index contributed by atoms with van der Waals surface area (Å²) < 4.78 is 0. The second-order valence-corrected chi connectivity index (χ2v) is 7.94. The average molecular weight is 381 g/mol. The van der Waals surface area contributed by atoms with Crippen LogP contribution in [0.3, 0.4) is 0 Å². The van der Waals surface area contributed by atoms with Crippen LogP contribution in [0.15, 0.2) is 24.3 Å². The van der Waals surface area contributed by atoms with Gasteiger partial charge in [0.25, 0.3) is 0 Å². The van der Waals surface area contributed by atoms with Crippen molar-refractivity contribution in [1.82, 2.24) is 0 Å². The van der Waals surface area contributed by atoms with E-state index in [9.17, 15) is 19.8 Å². The van der Waals surface area contributed by atoms with E-state index in [0.717, 1.165) is 25.7 Å². The second kappa shape index (κ2) is 12.2. The van der Waals surface area contributed by atoms with E-state index in [-0.39, 0.29) is 29.8 Å². The van der Waals surface area contributed by atoms with Gasteiger partial charge >= 0.3 is 0 Å². The molecule has 5 nitrogen and oxygen atoms in total. The molecule has 154 valence electrons. The summed E-state index contributed by atoms with van der Waals surface area (Å²) in [5.74, 6) is -0.461. The Hall–Kier alpha value is -1.30. The van der Waals surface area contributed by atoms with Gasteiger partial charge in [0, 0.05) is 24.7 Å². The van der Waals surface area contributed by atoms with Crippen molar-refractivity contribution in [2.45, 2.75) is 83.3 Å². The van der Waals surface area contributed by atoms with Crippen LogP contribution < -0.4 is 0 Å². The van der Waals surface area contributed by atoms with Gasteiger partial charge in [0.05, 0.1) is 11.7 Å². The highest BCUT2D eigenvalue weighted by molar-refractivity contribution is 5.84. The van der Waals surface area contributed by atoms with Crippen molar-refractivity contribution in [2.75, 3.05) is 6.61 Å². The van der Waals surface area contributed by atoms with Gasteiger partial charge in [-0.3, -0.25) is 9.59 Å². The predicted octanol–water partition coefficient (Wildman–Crippen LogP) is 3.12. The lowest BCUT2D eigenvalue weighted by Crippen LogP contribution is -2.23. The average Bonchev–Trinajstić information content (AvgIpc) is 2.89. The molecule has 3 N–H and O–H groups in total. The first-order chi connectivity index (χ1) is 12.8. The van der Waals surface area contributed by atoms with Crippen LogP contribution in [0.5, 0.6) is 0 Å². The Labute approximate surface area is 163 Å². The van der Waals surface area contributed by atoms with Crippen LogP contribution in [0, 0.1) is 11.8 Å². The van der Waals surface area contributed by atoms with Gasteiger partial charge in [0.1, 0.15) is 12.4 Å². The van der Waals surface area contributed by atoms with Gasteiger partial charge in [-0.1, -0.05) is 44.1 Å². The van der Waals surface area contributed by atoms with E-state index in [1.807, 2.05) is 31.2 Å². The number of rotatable bonds is 13. The molecule has 1 aliphatic rings. The minimum Gasteiger partial charge on any atom is -0.392 e. The minimum atomic E-state index is -0.746. The first-order valence-corrected chi connectivity index (χ1v) is 10.2. The lowest BCUT2D eigenvalue weighted by Gasteiger charge is -2.22. The molecule has 1 saturated carbocycles. The summed E-state index contributed by atoms with van der Waals surface area (Å²) in [4.78, 5) is 23.2. The Morgan fingerprint density at radius 2 is 1.96 bits per heavy atom. The Balaban J connectivity index is 2.49. The van der Waals surface area contributed by atoms with Gasteiger partial charge in [-0.05, 0) is 39.0 Å². The van der Waals surface area contributed by atoms with Crippen molar-refractivity contribution in [3.63, 3.8) is 0 Å². The highest BCUT2D eigenvalue weighted by Gasteiger charge is 2.39. The fourth-order valence-corrected chi connectivity index (χ4v) is 3.57. The van der Waals surface area contributed by atoms with Gasteiger partial charge in [0.2, 0.25) is 0 Å². The molecule has 1 fully saturated rings. The predicted molar refractivity (Wildman–Crippen MR) is 106 cm³/mol. The van der Waals surface area contributed by atoms with E-state index in [2.05, 4.69) is 6.92 Å². The van der Waals surface area contributed by atoms with Crippen molar-refractivity contribution >= 4 is 11.6 Å². The summed E-state index contributed by atoms with van der Waals surface area (Å²) in [7, 11) is 0. The molecule has 0 aromatic rings. The van der Waals surface area contributed by atoms with Crippen molar-refractivity contribution in [3.8, 4) is 0 Å². The van der Waals surface area contributed by atoms with E-state index in [1.54, 1.807) is 0 Å². The van der Waals surface area contributed by atoms with Crippen molar-refractivity contribution < 1.29 is 24.9 Å². The number of hydrogen-bond acceptors (Lipinski definition) is 5. The van der Waals surface area contributed by atoms with Crippen LogP contribution in [0.2, 0.25) is 0 Å². The monoisotopic (exact) mass is 380 g/mol. The summed E-state index contributed by atoms with van der Waals surface area (Å²) >= 11 is 0. The maximum atomic E-state index is 12.2. The largest absolute Gasteiger partial charge is 0.392 e. The fraction of sp³-hybridized carbons (Fsp3) is 0.727. The molecular weight excluding hydrogens is 344 g/mol. The molecule has 0 bridgehead atoms. The molecule has 0 saturated heterocycles. The topological polar surface area (TPSA) is 94.8 Å². The van der Waals surface area contributed by atoms with Crippen LogP contribution in [0.4, 0.5) is 0 Å². The number of carbonyl (C=O) groups excluding carboxylic acids is 2. The molecule has 0 spiro atoms. The lowest BCUT2D eigenvalue weighted by molar-refractivity contribution is -0.122. The molecule has 4 atom stereocenters. The summed E-state index contributed by atoms with van der Waals surface area (Å²) in [6, 6.07) is 0. The molecule has 0 radical (unpaired) electrons. The zero-order valence-corrected chi connectivity index (χ0v) is 16.8. The third-order valence-corrected chi connectivity index (χ3v) is 5.29. The molecule has 0 unspecified atom stereocenters. The number of aliphatic hydroxyl groups is 3. The first kappa shape index (κ1) is 23.7. The standard InChI is InChI=1S/C22H36O5/c1-3-4-13-22(2,27)14-9-12-19-18(20(25)15-21(19)26)11-8-6-5-7-10-17(24)16-23/h5-6,9,12,18-19,21,23,26-27H,3-4,7-8,10-11,13-16H2,1-2H3/b6-5-,12-9+/t18-,19-,21-,22-/m0/s1. The normalized spacial score (nSPS) is 25.5.